The monoisotopic (exact) mass is 228 g/mol. The first-order valence-corrected chi connectivity index (χ1v) is 5.30. The first kappa shape index (κ1) is 11.3. The van der Waals surface area contributed by atoms with Gasteiger partial charge in [-0.05, 0) is 12.2 Å². The average molecular weight is 228 g/mol. The van der Waals surface area contributed by atoms with Crippen LogP contribution in [0.15, 0.2) is 54.6 Å². The molecule has 86 valence electrons. The highest BCUT2D eigenvalue weighted by Crippen LogP contribution is 2.31. The number of esters is 1. The van der Waals surface area contributed by atoms with E-state index in [1.54, 1.807) is 42.5 Å². The Morgan fingerprint density at radius 3 is 2.47 bits per heavy atom. The Morgan fingerprint density at radius 1 is 1.18 bits per heavy atom. The molecular weight excluding hydrogens is 216 g/mol. The summed E-state index contributed by atoms with van der Waals surface area (Å²) in [4.78, 5) is 23.2. The molecule has 0 saturated carbocycles. The van der Waals surface area contributed by atoms with Gasteiger partial charge in [-0.3, -0.25) is 9.59 Å². The van der Waals surface area contributed by atoms with E-state index >= 15 is 0 Å². The van der Waals surface area contributed by atoms with Crippen LogP contribution in [0, 0.1) is 0 Å². The summed E-state index contributed by atoms with van der Waals surface area (Å²) >= 11 is 0. The Morgan fingerprint density at radius 2 is 1.88 bits per heavy atom. The molecule has 1 atom stereocenters. The molecule has 1 aromatic rings. The summed E-state index contributed by atoms with van der Waals surface area (Å²) in [6.45, 7) is 1.30. The number of allylic oxidation sites excluding steroid dienone is 2. The van der Waals surface area contributed by atoms with Gasteiger partial charge in [-0.2, -0.15) is 0 Å². The predicted octanol–water partition coefficient (Wildman–Crippen LogP) is 2.14. The van der Waals surface area contributed by atoms with E-state index in [1.807, 2.05) is 6.07 Å². The normalized spacial score (nSPS) is 22.5. The van der Waals surface area contributed by atoms with Gasteiger partial charge in [-0.1, -0.05) is 42.5 Å². The second-order valence-corrected chi connectivity index (χ2v) is 3.78. The van der Waals surface area contributed by atoms with Gasteiger partial charge in [0.05, 0.1) is 0 Å². The predicted molar refractivity (Wildman–Crippen MR) is 63.2 cm³/mol. The van der Waals surface area contributed by atoms with E-state index in [0.29, 0.717) is 5.56 Å². The number of carbonyl (C=O) groups excluding carboxylic acids is 2. The lowest BCUT2D eigenvalue weighted by Crippen LogP contribution is -2.38. The van der Waals surface area contributed by atoms with Crippen molar-refractivity contribution in [2.75, 3.05) is 0 Å². The number of hydrogen-bond acceptors (Lipinski definition) is 3. The fourth-order valence-electron chi connectivity index (χ4n) is 1.83. The van der Waals surface area contributed by atoms with Crippen LogP contribution < -0.4 is 0 Å². The molecule has 3 heteroatoms. The van der Waals surface area contributed by atoms with E-state index in [4.69, 9.17) is 4.74 Å². The number of ether oxygens (including phenoxy) is 1. The van der Waals surface area contributed by atoms with Crippen molar-refractivity contribution in [2.24, 2.45) is 0 Å². The maximum absolute atomic E-state index is 12.0. The Balaban J connectivity index is 2.52. The number of ketones is 1. The summed E-state index contributed by atoms with van der Waals surface area (Å²) in [5, 5.41) is 0. The standard InChI is InChI=1S/C14H12O3/c1-11(15)17-14(10-6-5-9-13(14)16)12-7-3-2-4-8-12/h2-10H,1H3. The molecule has 0 N–H and O–H groups in total. The highest BCUT2D eigenvalue weighted by Gasteiger charge is 2.40. The summed E-state index contributed by atoms with van der Waals surface area (Å²) in [5.74, 6) is -0.733. The van der Waals surface area contributed by atoms with E-state index < -0.39 is 11.6 Å². The maximum Gasteiger partial charge on any atom is 0.304 e. The third-order valence-corrected chi connectivity index (χ3v) is 2.56. The summed E-state index contributed by atoms with van der Waals surface area (Å²) in [7, 11) is 0. The summed E-state index contributed by atoms with van der Waals surface area (Å²) in [5.41, 5.74) is -0.650. The summed E-state index contributed by atoms with van der Waals surface area (Å²) in [6.07, 6.45) is 6.35. The lowest BCUT2D eigenvalue weighted by molar-refractivity contribution is -0.159. The Labute approximate surface area is 99.4 Å². The molecule has 0 aromatic heterocycles. The molecule has 17 heavy (non-hydrogen) atoms. The molecule has 0 radical (unpaired) electrons. The van der Waals surface area contributed by atoms with Crippen molar-refractivity contribution >= 4 is 11.8 Å². The van der Waals surface area contributed by atoms with E-state index in [2.05, 4.69) is 0 Å². The Bertz CT molecular complexity index is 499. The zero-order valence-corrected chi connectivity index (χ0v) is 9.42. The van der Waals surface area contributed by atoms with Crippen LogP contribution in [0.3, 0.4) is 0 Å². The van der Waals surface area contributed by atoms with Crippen LogP contribution in [-0.2, 0) is 19.9 Å². The Hall–Kier alpha value is -2.16. The van der Waals surface area contributed by atoms with E-state index in [0.717, 1.165) is 0 Å². The quantitative estimate of drug-likeness (QED) is 0.728. The van der Waals surface area contributed by atoms with Crippen LogP contribution in [0.25, 0.3) is 0 Å². The van der Waals surface area contributed by atoms with Crippen LogP contribution in [0.2, 0.25) is 0 Å². The molecule has 0 spiro atoms. The molecule has 1 unspecified atom stereocenters. The molecule has 0 amide bonds. The van der Waals surface area contributed by atoms with Gasteiger partial charge in [-0.15, -0.1) is 0 Å². The maximum atomic E-state index is 12.0. The van der Waals surface area contributed by atoms with Crippen LogP contribution in [0.5, 0.6) is 0 Å². The molecule has 0 fully saturated rings. The highest BCUT2D eigenvalue weighted by molar-refractivity contribution is 6.02. The highest BCUT2D eigenvalue weighted by atomic mass is 16.6. The van der Waals surface area contributed by atoms with Gasteiger partial charge >= 0.3 is 5.97 Å². The molecule has 2 rings (SSSR count). The Kier molecular flexibility index (Phi) is 2.91. The molecule has 3 nitrogen and oxygen atoms in total. The molecule has 1 aromatic carbocycles. The fraction of sp³-hybridized carbons (Fsp3) is 0.143. The van der Waals surface area contributed by atoms with Crippen molar-refractivity contribution in [3.8, 4) is 0 Å². The first-order chi connectivity index (χ1) is 8.15. The van der Waals surface area contributed by atoms with Crippen LogP contribution >= 0.6 is 0 Å². The van der Waals surface area contributed by atoms with Gasteiger partial charge in [-0.25, -0.2) is 0 Å². The average Bonchev–Trinajstić information content (AvgIpc) is 2.33. The smallest absolute Gasteiger partial charge is 0.304 e. The SMILES string of the molecule is CC(=O)OC1(c2ccccc2)C=CC=CC1=O. The first-order valence-electron chi connectivity index (χ1n) is 5.30. The van der Waals surface area contributed by atoms with Gasteiger partial charge in [0.25, 0.3) is 0 Å². The van der Waals surface area contributed by atoms with Crippen LogP contribution in [0.1, 0.15) is 12.5 Å². The number of benzene rings is 1. The number of hydrogen-bond donors (Lipinski definition) is 0. The molecule has 0 heterocycles. The van der Waals surface area contributed by atoms with Crippen molar-refractivity contribution in [3.63, 3.8) is 0 Å². The third-order valence-electron chi connectivity index (χ3n) is 2.56. The zero-order chi connectivity index (χ0) is 12.3. The van der Waals surface area contributed by atoms with E-state index in [-0.39, 0.29) is 5.78 Å². The summed E-state index contributed by atoms with van der Waals surface area (Å²) < 4.78 is 5.25. The lowest BCUT2D eigenvalue weighted by atomic mass is 9.86. The van der Waals surface area contributed by atoms with Crippen LogP contribution in [0.4, 0.5) is 0 Å². The minimum atomic E-state index is -1.30. The largest absolute Gasteiger partial charge is 0.441 e. The van der Waals surface area contributed by atoms with Crippen molar-refractivity contribution in [1.29, 1.82) is 0 Å². The van der Waals surface area contributed by atoms with E-state index in [1.165, 1.54) is 13.0 Å². The third kappa shape index (κ3) is 2.04. The van der Waals surface area contributed by atoms with Crippen molar-refractivity contribution in [3.05, 3.63) is 60.2 Å². The van der Waals surface area contributed by atoms with Crippen LogP contribution in [-0.4, -0.2) is 11.8 Å². The second kappa shape index (κ2) is 4.37. The number of rotatable bonds is 2. The zero-order valence-electron chi connectivity index (χ0n) is 9.42. The minimum Gasteiger partial charge on any atom is -0.441 e. The second-order valence-electron chi connectivity index (χ2n) is 3.78. The molecule has 1 aliphatic rings. The van der Waals surface area contributed by atoms with Crippen molar-refractivity contribution < 1.29 is 14.3 Å². The molecular formula is C14H12O3. The van der Waals surface area contributed by atoms with Crippen molar-refractivity contribution in [1.82, 2.24) is 0 Å². The lowest BCUT2D eigenvalue weighted by Gasteiger charge is -2.29. The van der Waals surface area contributed by atoms with Gasteiger partial charge in [0.2, 0.25) is 11.4 Å². The molecule has 0 aliphatic heterocycles. The molecule has 0 saturated heterocycles. The molecule has 0 bridgehead atoms. The summed E-state index contributed by atoms with van der Waals surface area (Å²) in [6, 6.07) is 8.99. The minimum absolute atomic E-state index is 0.249. The molecule has 1 aliphatic carbocycles. The van der Waals surface area contributed by atoms with Gasteiger partial charge < -0.3 is 4.74 Å². The van der Waals surface area contributed by atoms with Gasteiger partial charge in [0.15, 0.2) is 0 Å². The van der Waals surface area contributed by atoms with Gasteiger partial charge in [0.1, 0.15) is 0 Å². The van der Waals surface area contributed by atoms with Crippen molar-refractivity contribution in [2.45, 2.75) is 12.5 Å². The topological polar surface area (TPSA) is 43.4 Å². The van der Waals surface area contributed by atoms with Gasteiger partial charge in [0, 0.05) is 12.5 Å². The fourth-order valence-corrected chi connectivity index (χ4v) is 1.83. The number of carbonyl (C=O) groups is 2. The van der Waals surface area contributed by atoms with E-state index in [9.17, 15) is 9.59 Å².